The highest BCUT2D eigenvalue weighted by atomic mass is 16.5. The molecule has 0 bridgehead atoms. The highest BCUT2D eigenvalue weighted by molar-refractivity contribution is 5.94. The van der Waals surface area contributed by atoms with Crippen LogP contribution in [-0.4, -0.2) is 24.5 Å². The van der Waals surface area contributed by atoms with Crippen LogP contribution < -0.4 is 4.74 Å². The molecule has 4 nitrogen and oxygen atoms in total. The number of amides is 1. The van der Waals surface area contributed by atoms with Crippen molar-refractivity contribution in [2.45, 2.75) is 26.6 Å². The molecule has 0 fully saturated rings. The number of methoxy groups -OCH3 is 1. The van der Waals surface area contributed by atoms with Crippen LogP contribution in [-0.2, 0) is 24.4 Å². The van der Waals surface area contributed by atoms with Gasteiger partial charge in [0.2, 0.25) is 0 Å². The molecule has 0 heterocycles. The van der Waals surface area contributed by atoms with Gasteiger partial charge in [0.1, 0.15) is 5.75 Å². The Labute approximate surface area is 172 Å². The van der Waals surface area contributed by atoms with E-state index in [1.54, 1.807) is 7.11 Å². The SMILES string of the molecule is CCOCc1cc(C(=O)N(Cc2ccccc2)Cc2ccccc2)ccc1OC. The average Bonchev–Trinajstić information content (AvgIpc) is 2.78. The standard InChI is InChI=1S/C25H27NO3/c1-3-29-19-23-16-22(14-15-24(23)28-2)25(27)26(17-20-10-6-4-7-11-20)18-21-12-8-5-9-13-21/h4-16H,3,17-19H2,1-2H3. The number of rotatable bonds is 9. The maximum atomic E-state index is 13.4. The molecule has 0 N–H and O–H groups in total. The summed E-state index contributed by atoms with van der Waals surface area (Å²) in [7, 11) is 1.63. The number of ether oxygens (including phenoxy) is 2. The van der Waals surface area contributed by atoms with Gasteiger partial charge in [-0.25, -0.2) is 0 Å². The number of hydrogen-bond donors (Lipinski definition) is 0. The Kier molecular flexibility index (Phi) is 7.42. The van der Waals surface area contributed by atoms with Gasteiger partial charge >= 0.3 is 0 Å². The van der Waals surface area contributed by atoms with Crippen LogP contribution in [0.5, 0.6) is 5.75 Å². The van der Waals surface area contributed by atoms with Gasteiger partial charge in [-0.15, -0.1) is 0 Å². The normalized spacial score (nSPS) is 10.6. The molecule has 0 saturated heterocycles. The molecular formula is C25H27NO3. The lowest BCUT2D eigenvalue weighted by atomic mass is 10.1. The van der Waals surface area contributed by atoms with E-state index in [0.29, 0.717) is 31.9 Å². The summed E-state index contributed by atoms with van der Waals surface area (Å²) in [4.78, 5) is 15.3. The van der Waals surface area contributed by atoms with Gasteiger partial charge in [-0.1, -0.05) is 60.7 Å². The van der Waals surface area contributed by atoms with E-state index < -0.39 is 0 Å². The first-order valence-corrected chi connectivity index (χ1v) is 9.83. The summed E-state index contributed by atoms with van der Waals surface area (Å²) < 4.78 is 11.0. The Morgan fingerprint density at radius 2 is 1.45 bits per heavy atom. The number of benzene rings is 3. The minimum absolute atomic E-state index is 0.0156. The summed E-state index contributed by atoms with van der Waals surface area (Å²) in [6.07, 6.45) is 0. The van der Waals surface area contributed by atoms with Crippen LogP contribution in [0.4, 0.5) is 0 Å². The number of carbonyl (C=O) groups is 1. The van der Waals surface area contributed by atoms with Crippen LogP contribution in [0.15, 0.2) is 78.9 Å². The van der Waals surface area contributed by atoms with Gasteiger partial charge < -0.3 is 14.4 Å². The van der Waals surface area contributed by atoms with E-state index in [9.17, 15) is 4.79 Å². The Morgan fingerprint density at radius 3 is 1.97 bits per heavy atom. The first kappa shape index (κ1) is 20.6. The molecule has 0 radical (unpaired) electrons. The minimum Gasteiger partial charge on any atom is -0.496 e. The molecule has 0 aliphatic rings. The van der Waals surface area contributed by atoms with Crippen molar-refractivity contribution < 1.29 is 14.3 Å². The maximum absolute atomic E-state index is 13.4. The van der Waals surface area contributed by atoms with Crippen LogP contribution in [0.1, 0.15) is 34.0 Å². The summed E-state index contributed by atoms with van der Waals surface area (Å²) in [6.45, 7) is 4.05. The fourth-order valence-corrected chi connectivity index (χ4v) is 3.23. The van der Waals surface area contributed by atoms with Crippen molar-refractivity contribution in [1.82, 2.24) is 4.90 Å². The smallest absolute Gasteiger partial charge is 0.254 e. The second-order valence-electron chi connectivity index (χ2n) is 6.80. The van der Waals surface area contributed by atoms with E-state index in [1.807, 2.05) is 90.7 Å². The molecule has 0 aromatic heterocycles. The summed E-state index contributed by atoms with van der Waals surface area (Å²) in [5.41, 5.74) is 3.70. The molecule has 3 aromatic rings. The van der Waals surface area contributed by atoms with Crippen molar-refractivity contribution in [3.8, 4) is 5.75 Å². The van der Waals surface area contributed by atoms with Crippen LogP contribution in [0.25, 0.3) is 0 Å². The van der Waals surface area contributed by atoms with Gasteiger partial charge in [-0.2, -0.15) is 0 Å². The van der Waals surface area contributed by atoms with E-state index >= 15 is 0 Å². The largest absolute Gasteiger partial charge is 0.496 e. The highest BCUT2D eigenvalue weighted by Gasteiger charge is 2.18. The van der Waals surface area contributed by atoms with Gasteiger partial charge in [-0.3, -0.25) is 4.79 Å². The summed E-state index contributed by atoms with van der Waals surface area (Å²) >= 11 is 0. The molecule has 150 valence electrons. The summed E-state index contributed by atoms with van der Waals surface area (Å²) in [5, 5.41) is 0. The van der Waals surface area contributed by atoms with Crippen molar-refractivity contribution >= 4 is 5.91 Å². The van der Waals surface area contributed by atoms with Gasteiger partial charge in [0.25, 0.3) is 5.91 Å². The fraction of sp³-hybridized carbons (Fsp3) is 0.240. The number of carbonyl (C=O) groups excluding carboxylic acids is 1. The van der Waals surface area contributed by atoms with Crippen molar-refractivity contribution in [2.75, 3.05) is 13.7 Å². The van der Waals surface area contributed by atoms with E-state index in [1.165, 1.54) is 0 Å². The molecule has 29 heavy (non-hydrogen) atoms. The van der Waals surface area contributed by atoms with E-state index in [0.717, 1.165) is 22.4 Å². The van der Waals surface area contributed by atoms with Gasteiger partial charge in [0.05, 0.1) is 13.7 Å². The second-order valence-corrected chi connectivity index (χ2v) is 6.80. The zero-order valence-corrected chi connectivity index (χ0v) is 17.0. The lowest BCUT2D eigenvalue weighted by Gasteiger charge is -2.24. The Morgan fingerprint density at radius 1 is 0.862 bits per heavy atom. The first-order chi connectivity index (χ1) is 14.2. The first-order valence-electron chi connectivity index (χ1n) is 9.83. The van der Waals surface area contributed by atoms with Crippen molar-refractivity contribution in [3.05, 3.63) is 101 Å². The third-order valence-electron chi connectivity index (χ3n) is 4.71. The molecule has 3 aromatic carbocycles. The van der Waals surface area contributed by atoms with Crippen LogP contribution in [0.3, 0.4) is 0 Å². The molecule has 0 unspecified atom stereocenters. The molecule has 1 amide bonds. The average molecular weight is 389 g/mol. The monoisotopic (exact) mass is 389 g/mol. The van der Waals surface area contributed by atoms with E-state index in [4.69, 9.17) is 9.47 Å². The minimum atomic E-state index is -0.0156. The molecule has 3 rings (SSSR count). The third kappa shape index (κ3) is 5.69. The van der Waals surface area contributed by atoms with Gasteiger partial charge in [-0.05, 0) is 36.2 Å². The molecule has 4 heteroatoms. The summed E-state index contributed by atoms with van der Waals surface area (Å²) in [6, 6.07) is 25.6. The lowest BCUT2D eigenvalue weighted by molar-refractivity contribution is 0.0729. The zero-order chi connectivity index (χ0) is 20.5. The summed E-state index contributed by atoms with van der Waals surface area (Å²) in [5.74, 6) is 0.714. The van der Waals surface area contributed by atoms with Crippen LogP contribution in [0.2, 0.25) is 0 Å². The zero-order valence-electron chi connectivity index (χ0n) is 17.0. The quantitative estimate of drug-likeness (QED) is 0.513. The predicted octanol–water partition coefficient (Wildman–Crippen LogP) is 5.07. The number of hydrogen-bond acceptors (Lipinski definition) is 3. The van der Waals surface area contributed by atoms with Crippen LogP contribution in [0, 0.1) is 0 Å². The lowest BCUT2D eigenvalue weighted by Crippen LogP contribution is -2.30. The van der Waals surface area contributed by atoms with Crippen molar-refractivity contribution in [2.24, 2.45) is 0 Å². The van der Waals surface area contributed by atoms with E-state index in [2.05, 4.69) is 0 Å². The molecule has 0 saturated carbocycles. The van der Waals surface area contributed by atoms with Gasteiger partial charge in [0.15, 0.2) is 0 Å². The third-order valence-corrected chi connectivity index (χ3v) is 4.71. The van der Waals surface area contributed by atoms with Crippen LogP contribution >= 0.6 is 0 Å². The Bertz CT molecular complexity index is 868. The van der Waals surface area contributed by atoms with Gasteiger partial charge in [0, 0.05) is 30.8 Å². The Hall–Kier alpha value is -3.11. The molecule has 0 aliphatic carbocycles. The molecular weight excluding hydrogens is 362 g/mol. The van der Waals surface area contributed by atoms with E-state index in [-0.39, 0.29) is 5.91 Å². The molecule has 0 spiro atoms. The highest BCUT2D eigenvalue weighted by Crippen LogP contribution is 2.23. The predicted molar refractivity (Wildman–Crippen MR) is 115 cm³/mol. The topological polar surface area (TPSA) is 38.8 Å². The maximum Gasteiger partial charge on any atom is 0.254 e. The molecule has 0 aliphatic heterocycles. The van der Waals surface area contributed by atoms with Crippen molar-refractivity contribution in [3.63, 3.8) is 0 Å². The molecule has 0 atom stereocenters. The number of nitrogens with zero attached hydrogens (tertiary/aromatic N) is 1. The van der Waals surface area contributed by atoms with Crippen molar-refractivity contribution in [1.29, 1.82) is 0 Å². The second kappa shape index (κ2) is 10.4. The Balaban J connectivity index is 1.88. The fourth-order valence-electron chi connectivity index (χ4n) is 3.23.